The Balaban J connectivity index is 2.65. The number of nitrogens with one attached hydrogen (secondary N) is 1. The molecule has 0 saturated heterocycles. The Kier molecular flexibility index (Phi) is 4.56. The van der Waals surface area contributed by atoms with E-state index in [1.165, 1.54) is 0 Å². The van der Waals surface area contributed by atoms with E-state index in [9.17, 15) is 10.0 Å². The first-order valence-electron chi connectivity index (χ1n) is 5.84. The molecule has 0 atom stereocenters. The normalized spacial score (nSPS) is 18.6. The second kappa shape index (κ2) is 5.71. The predicted octanol–water partition coefficient (Wildman–Crippen LogP) is 2.02. The highest BCUT2D eigenvalue weighted by molar-refractivity contribution is 5.74. The highest BCUT2D eigenvalue weighted by Gasteiger charge is 2.40. The fourth-order valence-corrected chi connectivity index (χ4v) is 2.01. The highest BCUT2D eigenvalue weighted by Crippen LogP contribution is 2.32. The molecule has 0 aliphatic heterocycles. The summed E-state index contributed by atoms with van der Waals surface area (Å²) in [4.78, 5) is 11.6. The molecule has 2 amide bonds. The van der Waals surface area contributed by atoms with E-state index in [0.717, 1.165) is 25.7 Å². The summed E-state index contributed by atoms with van der Waals surface area (Å²) in [6.07, 6.45) is 4.74. The molecule has 16 heavy (non-hydrogen) atoms. The lowest BCUT2D eigenvalue weighted by molar-refractivity contribution is -0.116. The fraction of sp³-hybridized carbons (Fsp3) is 0.818. The van der Waals surface area contributed by atoms with Gasteiger partial charge in [-0.05, 0) is 32.1 Å². The summed E-state index contributed by atoms with van der Waals surface area (Å²) in [6.45, 7) is 2.44. The summed E-state index contributed by atoms with van der Waals surface area (Å²) in [6, 6.07) is 1.53. The smallest absolute Gasteiger partial charge is 0.336 e. The standard InChI is InChI=1S/C11H19N3O2/c1-2-8-13-10(15)14(16)11(9-12)6-4-3-5-7-11/h16H,2-8H2,1H3,(H,13,15). The summed E-state index contributed by atoms with van der Waals surface area (Å²) >= 11 is 0. The molecular weight excluding hydrogens is 206 g/mol. The highest BCUT2D eigenvalue weighted by atomic mass is 16.5. The Morgan fingerprint density at radius 1 is 1.50 bits per heavy atom. The molecule has 0 aromatic carbocycles. The van der Waals surface area contributed by atoms with Gasteiger partial charge in [0, 0.05) is 6.54 Å². The van der Waals surface area contributed by atoms with Crippen LogP contribution in [0.4, 0.5) is 4.79 Å². The fourth-order valence-electron chi connectivity index (χ4n) is 2.01. The van der Waals surface area contributed by atoms with Crippen LogP contribution in [0.25, 0.3) is 0 Å². The molecule has 5 heteroatoms. The van der Waals surface area contributed by atoms with Crippen molar-refractivity contribution in [2.45, 2.75) is 51.0 Å². The number of hydrogen-bond acceptors (Lipinski definition) is 3. The predicted molar refractivity (Wildman–Crippen MR) is 58.7 cm³/mol. The van der Waals surface area contributed by atoms with Crippen LogP contribution < -0.4 is 5.32 Å². The Morgan fingerprint density at radius 3 is 2.62 bits per heavy atom. The Morgan fingerprint density at radius 2 is 2.12 bits per heavy atom. The van der Waals surface area contributed by atoms with Crippen molar-refractivity contribution in [3.63, 3.8) is 0 Å². The average molecular weight is 225 g/mol. The zero-order valence-corrected chi connectivity index (χ0v) is 9.70. The third kappa shape index (κ3) is 2.64. The largest absolute Gasteiger partial charge is 0.342 e. The number of urea groups is 1. The molecule has 90 valence electrons. The minimum Gasteiger partial charge on any atom is -0.336 e. The van der Waals surface area contributed by atoms with Gasteiger partial charge in [-0.3, -0.25) is 5.21 Å². The number of carbonyl (C=O) groups excluding carboxylic acids is 1. The van der Waals surface area contributed by atoms with E-state index in [4.69, 9.17) is 5.26 Å². The minimum atomic E-state index is -1.02. The zero-order chi connectivity index (χ0) is 12.0. The van der Waals surface area contributed by atoms with Crippen LogP contribution >= 0.6 is 0 Å². The second-order valence-electron chi connectivity index (χ2n) is 4.25. The molecule has 2 N–H and O–H groups in total. The minimum absolute atomic E-state index is 0.511. The molecule has 0 radical (unpaired) electrons. The first kappa shape index (κ1) is 12.8. The lowest BCUT2D eigenvalue weighted by Gasteiger charge is -2.36. The zero-order valence-electron chi connectivity index (χ0n) is 9.70. The molecule has 0 aromatic heterocycles. The number of nitriles is 1. The van der Waals surface area contributed by atoms with Crippen molar-refractivity contribution in [2.75, 3.05) is 6.54 Å². The van der Waals surface area contributed by atoms with Crippen molar-refractivity contribution < 1.29 is 10.0 Å². The summed E-state index contributed by atoms with van der Waals surface area (Å²) in [7, 11) is 0. The number of rotatable bonds is 3. The average Bonchev–Trinajstić information content (AvgIpc) is 2.35. The van der Waals surface area contributed by atoms with Gasteiger partial charge in [-0.2, -0.15) is 10.3 Å². The molecule has 0 aromatic rings. The molecule has 0 unspecified atom stereocenters. The van der Waals surface area contributed by atoms with Gasteiger partial charge in [-0.25, -0.2) is 4.79 Å². The molecule has 1 aliphatic carbocycles. The van der Waals surface area contributed by atoms with Crippen LogP contribution in [-0.2, 0) is 0 Å². The van der Waals surface area contributed by atoms with Crippen molar-refractivity contribution >= 4 is 6.03 Å². The topological polar surface area (TPSA) is 76.4 Å². The quantitative estimate of drug-likeness (QED) is 0.570. The van der Waals surface area contributed by atoms with Crippen molar-refractivity contribution in [1.82, 2.24) is 10.4 Å². The van der Waals surface area contributed by atoms with Gasteiger partial charge >= 0.3 is 6.03 Å². The SMILES string of the molecule is CCCNC(=O)N(O)C1(C#N)CCCCC1. The summed E-state index contributed by atoms with van der Waals surface area (Å²) in [5, 5.41) is 22.1. The molecule has 1 rings (SSSR count). The van der Waals surface area contributed by atoms with E-state index in [-0.39, 0.29) is 0 Å². The Bertz CT molecular complexity index is 279. The van der Waals surface area contributed by atoms with Crippen LogP contribution in [0.1, 0.15) is 45.4 Å². The van der Waals surface area contributed by atoms with E-state index >= 15 is 0 Å². The number of amides is 2. The molecule has 1 fully saturated rings. The lowest BCUT2D eigenvalue weighted by atomic mass is 9.82. The molecule has 0 spiro atoms. The van der Waals surface area contributed by atoms with E-state index in [1.54, 1.807) is 0 Å². The summed E-state index contributed by atoms with van der Waals surface area (Å²) in [5.74, 6) is 0. The Hall–Kier alpha value is -1.28. The van der Waals surface area contributed by atoms with Gasteiger partial charge < -0.3 is 5.32 Å². The van der Waals surface area contributed by atoms with Gasteiger partial charge in [0.2, 0.25) is 0 Å². The summed E-state index contributed by atoms with van der Waals surface area (Å²) < 4.78 is 0. The van der Waals surface area contributed by atoms with Gasteiger partial charge in [0.05, 0.1) is 6.07 Å². The van der Waals surface area contributed by atoms with Crippen LogP contribution in [0.15, 0.2) is 0 Å². The van der Waals surface area contributed by atoms with Crippen LogP contribution in [0, 0.1) is 11.3 Å². The summed E-state index contributed by atoms with van der Waals surface area (Å²) in [5.41, 5.74) is -1.02. The second-order valence-corrected chi connectivity index (χ2v) is 4.25. The van der Waals surface area contributed by atoms with Crippen LogP contribution in [0.2, 0.25) is 0 Å². The molecule has 0 heterocycles. The third-order valence-corrected chi connectivity index (χ3v) is 3.01. The van der Waals surface area contributed by atoms with Gasteiger partial charge in [-0.1, -0.05) is 13.3 Å². The van der Waals surface area contributed by atoms with E-state index in [0.29, 0.717) is 24.4 Å². The van der Waals surface area contributed by atoms with Gasteiger partial charge in [-0.15, -0.1) is 0 Å². The first-order valence-corrected chi connectivity index (χ1v) is 5.84. The number of hydroxylamine groups is 2. The molecule has 1 saturated carbocycles. The van der Waals surface area contributed by atoms with Crippen molar-refractivity contribution in [2.24, 2.45) is 0 Å². The molecule has 0 bridgehead atoms. The monoisotopic (exact) mass is 225 g/mol. The van der Waals surface area contributed by atoms with Crippen molar-refractivity contribution in [3.8, 4) is 6.07 Å². The molecular formula is C11H19N3O2. The van der Waals surface area contributed by atoms with Crippen LogP contribution in [0.5, 0.6) is 0 Å². The number of carbonyl (C=O) groups is 1. The number of hydrogen-bond donors (Lipinski definition) is 2. The van der Waals surface area contributed by atoms with Crippen LogP contribution in [-0.4, -0.2) is 28.4 Å². The van der Waals surface area contributed by atoms with Gasteiger partial charge in [0.25, 0.3) is 0 Å². The van der Waals surface area contributed by atoms with Crippen LogP contribution in [0.3, 0.4) is 0 Å². The maximum Gasteiger partial charge on any atom is 0.342 e. The lowest BCUT2D eigenvalue weighted by Crippen LogP contribution is -2.53. The first-order chi connectivity index (χ1) is 7.66. The Labute approximate surface area is 96.0 Å². The molecule has 1 aliphatic rings. The van der Waals surface area contributed by atoms with Crippen molar-refractivity contribution in [1.29, 1.82) is 5.26 Å². The van der Waals surface area contributed by atoms with Gasteiger partial charge in [0.1, 0.15) is 0 Å². The molecule has 5 nitrogen and oxygen atoms in total. The van der Waals surface area contributed by atoms with Crippen molar-refractivity contribution in [3.05, 3.63) is 0 Å². The third-order valence-electron chi connectivity index (χ3n) is 3.01. The van der Waals surface area contributed by atoms with E-state index < -0.39 is 11.6 Å². The van der Waals surface area contributed by atoms with E-state index in [2.05, 4.69) is 11.4 Å². The number of nitrogens with zero attached hydrogens (tertiary/aromatic N) is 2. The maximum atomic E-state index is 11.6. The maximum absolute atomic E-state index is 11.6. The van der Waals surface area contributed by atoms with Gasteiger partial charge in [0.15, 0.2) is 5.54 Å². The van der Waals surface area contributed by atoms with E-state index in [1.807, 2.05) is 6.92 Å².